The molecule has 0 spiro atoms. The third-order valence-corrected chi connectivity index (χ3v) is 3.57. The molecule has 1 fully saturated rings. The number of benzene rings is 1. The lowest BCUT2D eigenvalue weighted by Gasteiger charge is -2.34. The molecule has 0 radical (unpaired) electrons. The summed E-state index contributed by atoms with van der Waals surface area (Å²) in [5.41, 5.74) is 0. The van der Waals surface area contributed by atoms with Crippen molar-refractivity contribution in [3.8, 4) is 5.75 Å². The zero-order valence-electron chi connectivity index (χ0n) is 11.1. The zero-order chi connectivity index (χ0) is 12.8. The number of hydrogen-bond donors (Lipinski definition) is 1. The first kappa shape index (κ1) is 13.4. The van der Waals surface area contributed by atoms with Crippen LogP contribution in [0.15, 0.2) is 30.3 Å². The number of piperidine rings is 1. The van der Waals surface area contributed by atoms with Gasteiger partial charge in [0.25, 0.3) is 0 Å². The molecule has 1 aromatic rings. The van der Waals surface area contributed by atoms with E-state index in [0.29, 0.717) is 19.2 Å². The Morgan fingerprint density at radius 1 is 1.33 bits per heavy atom. The van der Waals surface area contributed by atoms with Gasteiger partial charge in [-0.25, -0.2) is 0 Å². The van der Waals surface area contributed by atoms with E-state index in [1.807, 2.05) is 30.3 Å². The minimum Gasteiger partial charge on any atom is -0.491 e. The van der Waals surface area contributed by atoms with Gasteiger partial charge in [-0.2, -0.15) is 0 Å². The Labute approximate surface area is 109 Å². The summed E-state index contributed by atoms with van der Waals surface area (Å²) in [6.07, 6.45) is 3.39. The number of rotatable bonds is 5. The van der Waals surface area contributed by atoms with Crippen LogP contribution in [0.3, 0.4) is 0 Å². The molecule has 1 saturated heterocycles. The molecule has 2 rings (SSSR count). The quantitative estimate of drug-likeness (QED) is 0.869. The average molecular weight is 249 g/mol. The number of β-amino-alcohol motifs (C(OH)–C–C–N with tert-alkyl or cyclic N) is 1. The van der Waals surface area contributed by atoms with Gasteiger partial charge in [-0.1, -0.05) is 24.6 Å². The molecule has 1 aliphatic heterocycles. The van der Waals surface area contributed by atoms with Crippen LogP contribution in [0.2, 0.25) is 0 Å². The van der Waals surface area contributed by atoms with E-state index in [-0.39, 0.29) is 0 Å². The number of aliphatic hydroxyl groups is 1. The highest BCUT2D eigenvalue weighted by molar-refractivity contribution is 5.20. The molecule has 1 aliphatic rings. The van der Waals surface area contributed by atoms with E-state index in [0.717, 1.165) is 12.3 Å². The van der Waals surface area contributed by atoms with Crippen LogP contribution >= 0.6 is 0 Å². The Hall–Kier alpha value is -1.06. The van der Waals surface area contributed by atoms with Gasteiger partial charge >= 0.3 is 0 Å². The summed E-state index contributed by atoms with van der Waals surface area (Å²) in [6, 6.07) is 10.2. The lowest BCUT2D eigenvalue weighted by atomic mass is 10.0. The Bertz CT molecular complexity index is 342. The highest BCUT2D eigenvalue weighted by Gasteiger charge is 2.20. The van der Waals surface area contributed by atoms with Crippen molar-refractivity contribution in [1.29, 1.82) is 0 Å². The maximum Gasteiger partial charge on any atom is 0.119 e. The van der Waals surface area contributed by atoms with Gasteiger partial charge in [0, 0.05) is 12.6 Å². The van der Waals surface area contributed by atoms with Crippen molar-refractivity contribution in [3.63, 3.8) is 0 Å². The minimum atomic E-state index is -0.411. The Kier molecular flexibility index (Phi) is 5.02. The molecule has 0 unspecified atom stereocenters. The second-order valence-corrected chi connectivity index (χ2v) is 5.12. The molecule has 3 heteroatoms. The number of aliphatic hydroxyl groups excluding tert-OH is 1. The summed E-state index contributed by atoms with van der Waals surface area (Å²) in [7, 11) is 0. The van der Waals surface area contributed by atoms with Crippen LogP contribution in [0, 0.1) is 0 Å². The molecule has 0 aliphatic carbocycles. The van der Waals surface area contributed by atoms with Gasteiger partial charge < -0.3 is 9.84 Å². The normalized spacial score (nSPS) is 22.7. The van der Waals surface area contributed by atoms with Crippen LogP contribution in [0.25, 0.3) is 0 Å². The Morgan fingerprint density at radius 2 is 2.11 bits per heavy atom. The lowest BCUT2D eigenvalue weighted by Crippen LogP contribution is -2.43. The van der Waals surface area contributed by atoms with Gasteiger partial charge in [0.1, 0.15) is 18.5 Å². The van der Waals surface area contributed by atoms with Crippen molar-refractivity contribution in [3.05, 3.63) is 30.3 Å². The van der Waals surface area contributed by atoms with E-state index in [1.165, 1.54) is 19.3 Å². The Balaban J connectivity index is 1.73. The first-order valence-corrected chi connectivity index (χ1v) is 6.85. The molecule has 0 amide bonds. The van der Waals surface area contributed by atoms with E-state index in [1.54, 1.807) is 0 Å². The van der Waals surface area contributed by atoms with Crippen molar-refractivity contribution in [1.82, 2.24) is 4.90 Å². The van der Waals surface area contributed by atoms with Crippen LogP contribution in [0.5, 0.6) is 5.75 Å². The maximum absolute atomic E-state index is 10.0. The molecular weight excluding hydrogens is 226 g/mol. The fourth-order valence-electron chi connectivity index (χ4n) is 2.46. The van der Waals surface area contributed by atoms with Crippen LogP contribution in [-0.2, 0) is 0 Å². The maximum atomic E-state index is 10.0. The number of likely N-dealkylation sites (tertiary alicyclic amines) is 1. The summed E-state index contributed by atoms with van der Waals surface area (Å²) < 4.78 is 5.57. The fraction of sp³-hybridized carbons (Fsp3) is 0.600. The van der Waals surface area contributed by atoms with Crippen LogP contribution < -0.4 is 4.74 Å². The predicted octanol–water partition coefficient (Wildman–Crippen LogP) is 2.30. The summed E-state index contributed by atoms with van der Waals surface area (Å²) in [5.74, 6) is 0.822. The molecule has 1 aromatic carbocycles. The highest BCUT2D eigenvalue weighted by Crippen LogP contribution is 2.16. The summed E-state index contributed by atoms with van der Waals surface area (Å²) in [6.45, 7) is 4.43. The number of nitrogens with zero attached hydrogens (tertiary/aromatic N) is 1. The van der Waals surface area contributed by atoms with E-state index >= 15 is 0 Å². The molecule has 2 atom stereocenters. The molecule has 0 aromatic heterocycles. The molecule has 3 nitrogen and oxygen atoms in total. The number of ether oxygens (including phenoxy) is 1. The largest absolute Gasteiger partial charge is 0.491 e. The third kappa shape index (κ3) is 4.00. The molecule has 18 heavy (non-hydrogen) atoms. The second-order valence-electron chi connectivity index (χ2n) is 5.12. The van der Waals surface area contributed by atoms with Crippen molar-refractivity contribution in [2.24, 2.45) is 0 Å². The van der Waals surface area contributed by atoms with Crippen LogP contribution in [-0.4, -0.2) is 41.8 Å². The first-order chi connectivity index (χ1) is 8.75. The minimum absolute atomic E-state index is 0.368. The number of hydrogen-bond acceptors (Lipinski definition) is 3. The molecule has 0 bridgehead atoms. The van der Waals surface area contributed by atoms with Crippen molar-refractivity contribution >= 4 is 0 Å². The first-order valence-electron chi connectivity index (χ1n) is 6.85. The van der Waals surface area contributed by atoms with Gasteiger partial charge in [-0.3, -0.25) is 4.90 Å². The summed E-state index contributed by atoms with van der Waals surface area (Å²) >= 11 is 0. The molecule has 1 heterocycles. The SMILES string of the molecule is C[C@@H]1CCCCN1C[C@@H](O)COc1ccccc1. The molecular formula is C15H23NO2. The van der Waals surface area contributed by atoms with Crippen LogP contribution in [0.1, 0.15) is 26.2 Å². The van der Waals surface area contributed by atoms with Crippen molar-refractivity contribution < 1.29 is 9.84 Å². The zero-order valence-corrected chi connectivity index (χ0v) is 11.1. The van der Waals surface area contributed by atoms with E-state index in [9.17, 15) is 5.11 Å². The summed E-state index contributed by atoms with van der Waals surface area (Å²) in [5, 5.41) is 10.0. The van der Waals surface area contributed by atoms with E-state index < -0.39 is 6.10 Å². The van der Waals surface area contributed by atoms with E-state index in [2.05, 4.69) is 11.8 Å². The number of para-hydroxylation sites is 1. The standard InChI is InChI=1S/C15H23NO2/c1-13-7-5-6-10-16(13)11-14(17)12-18-15-8-3-2-4-9-15/h2-4,8-9,13-14,17H,5-7,10-12H2,1H3/t13-,14-/m1/s1. The van der Waals surface area contributed by atoms with Crippen molar-refractivity contribution in [2.45, 2.75) is 38.3 Å². The molecule has 1 N–H and O–H groups in total. The monoisotopic (exact) mass is 249 g/mol. The van der Waals surface area contributed by atoms with Gasteiger partial charge in [0.15, 0.2) is 0 Å². The van der Waals surface area contributed by atoms with Gasteiger partial charge in [-0.05, 0) is 38.4 Å². The van der Waals surface area contributed by atoms with Gasteiger partial charge in [0.2, 0.25) is 0 Å². The topological polar surface area (TPSA) is 32.7 Å². The second kappa shape index (κ2) is 6.76. The van der Waals surface area contributed by atoms with E-state index in [4.69, 9.17) is 4.74 Å². The Morgan fingerprint density at radius 3 is 2.83 bits per heavy atom. The third-order valence-electron chi connectivity index (χ3n) is 3.57. The molecule has 0 saturated carbocycles. The van der Waals surface area contributed by atoms with Crippen molar-refractivity contribution in [2.75, 3.05) is 19.7 Å². The molecule has 100 valence electrons. The van der Waals surface area contributed by atoms with Gasteiger partial charge in [0.05, 0.1) is 0 Å². The fourth-order valence-corrected chi connectivity index (χ4v) is 2.46. The van der Waals surface area contributed by atoms with Crippen LogP contribution in [0.4, 0.5) is 0 Å². The highest BCUT2D eigenvalue weighted by atomic mass is 16.5. The lowest BCUT2D eigenvalue weighted by molar-refractivity contribution is 0.0438. The smallest absolute Gasteiger partial charge is 0.119 e. The summed E-state index contributed by atoms with van der Waals surface area (Å²) in [4.78, 5) is 2.36. The predicted molar refractivity (Wildman–Crippen MR) is 72.8 cm³/mol. The van der Waals surface area contributed by atoms with Gasteiger partial charge in [-0.15, -0.1) is 0 Å². The average Bonchev–Trinajstić information content (AvgIpc) is 2.40.